The van der Waals surface area contributed by atoms with Crippen LogP contribution in [0, 0.1) is 6.92 Å². The van der Waals surface area contributed by atoms with Crippen LogP contribution in [-0.2, 0) is 0 Å². The molecule has 2 aromatic rings. The first-order valence-corrected chi connectivity index (χ1v) is 6.99. The fraction of sp³-hybridized carbons (Fsp3) is 0.176. The summed E-state index contributed by atoms with van der Waals surface area (Å²) >= 11 is 0. The third kappa shape index (κ3) is 4.09. The number of nitrogens with one attached hydrogen (secondary N) is 2. The number of hydrogen-bond donors (Lipinski definition) is 3. The third-order valence-corrected chi connectivity index (χ3v) is 3.13. The first kappa shape index (κ1) is 15.6. The number of aryl methyl sites for hydroxylation is 1. The zero-order valence-corrected chi connectivity index (χ0v) is 12.3. The Balaban J connectivity index is 1.79. The number of aromatic hydroxyl groups is 1. The van der Waals surface area contributed by atoms with E-state index in [0.29, 0.717) is 12.1 Å². The van der Waals surface area contributed by atoms with Gasteiger partial charge >= 0.3 is 0 Å². The molecule has 3 N–H and O–H groups in total. The largest absolute Gasteiger partial charge is 0.507 e. The van der Waals surface area contributed by atoms with Crippen LogP contribution in [0.3, 0.4) is 0 Å². The molecule has 2 amide bonds. The number of carbonyl (C=O) groups is 2. The maximum atomic E-state index is 11.9. The van der Waals surface area contributed by atoms with Crippen LogP contribution < -0.4 is 10.6 Å². The molecule has 0 fully saturated rings. The summed E-state index contributed by atoms with van der Waals surface area (Å²) < 4.78 is 0. The van der Waals surface area contributed by atoms with Crippen molar-refractivity contribution in [3.05, 3.63) is 65.2 Å². The number of hydrogen-bond acceptors (Lipinski definition) is 3. The minimum Gasteiger partial charge on any atom is -0.507 e. The molecule has 0 spiro atoms. The molecule has 0 aliphatic carbocycles. The van der Waals surface area contributed by atoms with Crippen molar-refractivity contribution in [3.8, 4) is 5.75 Å². The number of phenols is 1. The highest BCUT2D eigenvalue weighted by Gasteiger charge is 2.10. The van der Waals surface area contributed by atoms with Gasteiger partial charge in [-0.3, -0.25) is 9.59 Å². The van der Waals surface area contributed by atoms with E-state index in [-0.39, 0.29) is 29.7 Å². The predicted octanol–water partition coefficient (Wildman–Crippen LogP) is 1.86. The van der Waals surface area contributed by atoms with Gasteiger partial charge in [0.05, 0.1) is 5.56 Å². The molecule has 114 valence electrons. The maximum absolute atomic E-state index is 11.9. The Morgan fingerprint density at radius 2 is 1.59 bits per heavy atom. The molecule has 5 nitrogen and oxygen atoms in total. The summed E-state index contributed by atoms with van der Waals surface area (Å²) in [6.07, 6.45) is 0. The highest BCUT2D eigenvalue weighted by atomic mass is 16.3. The van der Waals surface area contributed by atoms with E-state index in [2.05, 4.69) is 10.6 Å². The van der Waals surface area contributed by atoms with Gasteiger partial charge in [-0.2, -0.15) is 0 Å². The second-order valence-corrected chi connectivity index (χ2v) is 4.90. The van der Waals surface area contributed by atoms with E-state index in [1.165, 1.54) is 6.07 Å². The van der Waals surface area contributed by atoms with Gasteiger partial charge in [-0.15, -0.1) is 0 Å². The van der Waals surface area contributed by atoms with E-state index in [9.17, 15) is 14.7 Å². The van der Waals surface area contributed by atoms with Gasteiger partial charge in [-0.05, 0) is 36.8 Å². The maximum Gasteiger partial charge on any atom is 0.255 e. The molecule has 0 aliphatic rings. The van der Waals surface area contributed by atoms with Crippen LogP contribution >= 0.6 is 0 Å². The molecule has 0 saturated heterocycles. The lowest BCUT2D eigenvalue weighted by Crippen LogP contribution is -2.34. The molecule has 2 aromatic carbocycles. The molecule has 0 atom stereocenters. The topological polar surface area (TPSA) is 78.4 Å². The SMILES string of the molecule is Cc1ccc(C(=O)NCCNC(=O)c2ccccc2)c(O)c1. The normalized spacial score (nSPS) is 10.0. The summed E-state index contributed by atoms with van der Waals surface area (Å²) in [6, 6.07) is 13.7. The van der Waals surface area contributed by atoms with Crippen molar-refractivity contribution < 1.29 is 14.7 Å². The van der Waals surface area contributed by atoms with E-state index in [0.717, 1.165) is 5.56 Å². The van der Waals surface area contributed by atoms with Crippen molar-refractivity contribution in [1.29, 1.82) is 0 Å². The van der Waals surface area contributed by atoms with Crippen LogP contribution in [0.1, 0.15) is 26.3 Å². The number of amides is 2. The molecule has 0 aromatic heterocycles. The second-order valence-electron chi connectivity index (χ2n) is 4.90. The predicted molar refractivity (Wildman–Crippen MR) is 84.0 cm³/mol. The van der Waals surface area contributed by atoms with E-state index in [4.69, 9.17) is 0 Å². The molecule has 0 heterocycles. The average Bonchev–Trinajstić information content (AvgIpc) is 2.52. The summed E-state index contributed by atoms with van der Waals surface area (Å²) in [5.41, 5.74) is 1.68. The van der Waals surface area contributed by atoms with Crippen LogP contribution in [-0.4, -0.2) is 30.0 Å². The highest BCUT2D eigenvalue weighted by Crippen LogP contribution is 2.17. The van der Waals surface area contributed by atoms with Crippen LogP contribution in [0.5, 0.6) is 5.75 Å². The number of rotatable bonds is 5. The molecule has 5 heteroatoms. The second kappa shape index (κ2) is 7.26. The van der Waals surface area contributed by atoms with E-state index in [1.54, 1.807) is 36.4 Å². The molecule has 22 heavy (non-hydrogen) atoms. The summed E-state index contributed by atoms with van der Waals surface area (Å²) in [7, 11) is 0. The van der Waals surface area contributed by atoms with Gasteiger partial charge in [0, 0.05) is 18.7 Å². The first-order chi connectivity index (χ1) is 10.6. The number of carbonyl (C=O) groups excluding carboxylic acids is 2. The van der Waals surface area contributed by atoms with E-state index < -0.39 is 0 Å². The minimum atomic E-state index is -0.369. The summed E-state index contributed by atoms with van der Waals surface area (Å²) in [5.74, 6) is -0.606. The molecule has 0 bridgehead atoms. The smallest absolute Gasteiger partial charge is 0.255 e. The summed E-state index contributed by atoms with van der Waals surface area (Å²) in [5, 5.41) is 15.1. The Hall–Kier alpha value is -2.82. The quantitative estimate of drug-likeness (QED) is 0.737. The van der Waals surface area contributed by atoms with Gasteiger partial charge in [0.15, 0.2) is 0 Å². The van der Waals surface area contributed by atoms with Crippen LogP contribution in [0.15, 0.2) is 48.5 Å². The van der Waals surface area contributed by atoms with Crippen molar-refractivity contribution in [2.45, 2.75) is 6.92 Å². The standard InChI is InChI=1S/C17H18N2O3/c1-12-7-8-14(15(20)11-12)17(22)19-10-9-18-16(21)13-5-3-2-4-6-13/h2-8,11,20H,9-10H2,1H3,(H,18,21)(H,19,22). The Morgan fingerprint density at radius 3 is 2.23 bits per heavy atom. The minimum absolute atomic E-state index is 0.0502. The molecule has 0 unspecified atom stereocenters. The lowest BCUT2D eigenvalue weighted by Gasteiger charge is -2.08. The zero-order chi connectivity index (χ0) is 15.9. The third-order valence-electron chi connectivity index (χ3n) is 3.13. The van der Waals surface area contributed by atoms with Gasteiger partial charge in [-0.1, -0.05) is 24.3 Å². The molecule has 0 aliphatic heterocycles. The van der Waals surface area contributed by atoms with Crippen molar-refractivity contribution >= 4 is 11.8 Å². The molecule has 0 radical (unpaired) electrons. The molecule has 0 saturated carbocycles. The van der Waals surface area contributed by atoms with Crippen molar-refractivity contribution in [1.82, 2.24) is 10.6 Å². The van der Waals surface area contributed by atoms with Crippen molar-refractivity contribution in [2.24, 2.45) is 0 Å². The van der Waals surface area contributed by atoms with Gasteiger partial charge in [0.2, 0.25) is 0 Å². The van der Waals surface area contributed by atoms with Crippen molar-refractivity contribution in [2.75, 3.05) is 13.1 Å². The molecular formula is C17H18N2O3. The Labute approximate surface area is 129 Å². The monoisotopic (exact) mass is 298 g/mol. The van der Waals surface area contributed by atoms with Crippen LogP contribution in [0.25, 0.3) is 0 Å². The number of benzene rings is 2. The fourth-order valence-electron chi connectivity index (χ4n) is 1.97. The Morgan fingerprint density at radius 1 is 0.955 bits per heavy atom. The lowest BCUT2D eigenvalue weighted by atomic mass is 10.1. The molecule has 2 rings (SSSR count). The zero-order valence-electron chi connectivity index (χ0n) is 12.3. The van der Waals surface area contributed by atoms with Crippen molar-refractivity contribution in [3.63, 3.8) is 0 Å². The van der Waals surface area contributed by atoms with E-state index in [1.807, 2.05) is 13.0 Å². The average molecular weight is 298 g/mol. The van der Waals surface area contributed by atoms with Gasteiger partial charge in [-0.25, -0.2) is 0 Å². The lowest BCUT2D eigenvalue weighted by molar-refractivity contribution is 0.0926. The summed E-state index contributed by atoms with van der Waals surface area (Å²) in [4.78, 5) is 23.7. The van der Waals surface area contributed by atoms with Crippen LogP contribution in [0.2, 0.25) is 0 Å². The van der Waals surface area contributed by atoms with E-state index >= 15 is 0 Å². The number of phenolic OH excluding ortho intramolecular Hbond substituents is 1. The van der Waals surface area contributed by atoms with Gasteiger partial charge in [0.1, 0.15) is 5.75 Å². The Kier molecular flexibility index (Phi) is 5.14. The Bertz CT molecular complexity index is 669. The molecular weight excluding hydrogens is 280 g/mol. The first-order valence-electron chi connectivity index (χ1n) is 6.99. The van der Waals surface area contributed by atoms with Crippen LogP contribution in [0.4, 0.5) is 0 Å². The van der Waals surface area contributed by atoms with Gasteiger partial charge < -0.3 is 15.7 Å². The highest BCUT2D eigenvalue weighted by molar-refractivity contribution is 5.97. The van der Waals surface area contributed by atoms with Gasteiger partial charge in [0.25, 0.3) is 11.8 Å². The fourth-order valence-corrected chi connectivity index (χ4v) is 1.97. The summed E-state index contributed by atoms with van der Waals surface area (Å²) in [6.45, 7) is 2.43.